The van der Waals surface area contributed by atoms with Crippen LogP contribution in [0.1, 0.15) is 13.8 Å². The number of morpholine rings is 1. The van der Waals surface area contributed by atoms with Gasteiger partial charge in [0.25, 0.3) is 0 Å². The minimum absolute atomic E-state index is 0.0198. The first-order chi connectivity index (χ1) is 8.36. The molecule has 1 fully saturated rings. The SMILES string of the molecule is CC(C)S(=O)(=O)CCN1CCOC(C(N)=NO)C1. The number of ether oxygens (including phenoxy) is 1. The maximum absolute atomic E-state index is 11.7. The molecule has 0 saturated carbocycles. The molecule has 7 nitrogen and oxygen atoms in total. The van der Waals surface area contributed by atoms with Crippen molar-refractivity contribution in [3.8, 4) is 0 Å². The van der Waals surface area contributed by atoms with E-state index in [1.807, 2.05) is 4.90 Å². The molecule has 18 heavy (non-hydrogen) atoms. The van der Waals surface area contributed by atoms with Crippen LogP contribution in [0.4, 0.5) is 0 Å². The lowest BCUT2D eigenvalue weighted by molar-refractivity contribution is 0.00713. The van der Waals surface area contributed by atoms with Gasteiger partial charge in [0.05, 0.1) is 17.6 Å². The minimum atomic E-state index is -3.03. The van der Waals surface area contributed by atoms with Gasteiger partial charge in [-0.05, 0) is 13.8 Å². The van der Waals surface area contributed by atoms with Crippen molar-refractivity contribution in [3.05, 3.63) is 0 Å². The van der Waals surface area contributed by atoms with E-state index in [4.69, 9.17) is 15.7 Å². The molecule has 1 unspecified atom stereocenters. The zero-order valence-corrected chi connectivity index (χ0v) is 11.6. The van der Waals surface area contributed by atoms with Gasteiger partial charge in [-0.25, -0.2) is 8.42 Å². The van der Waals surface area contributed by atoms with Crippen molar-refractivity contribution in [3.63, 3.8) is 0 Å². The summed E-state index contributed by atoms with van der Waals surface area (Å²) in [7, 11) is -3.03. The van der Waals surface area contributed by atoms with Crippen LogP contribution in [0.2, 0.25) is 0 Å². The van der Waals surface area contributed by atoms with E-state index in [-0.39, 0.29) is 16.8 Å². The number of sulfone groups is 1. The summed E-state index contributed by atoms with van der Waals surface area (Å²) >= 11 is 0. The van der Waals surface area contributed by atoms with Crippen LogP contribution in [0.15, 0.2) is 5.16 Å². The van der Waals surface area contributed by atoms with Gasteiger partial charge in [-0.1, -0.05) is 5.16 Å². The van der Waals surface area contributed by atoms with Gasteiger partial charge in [0, 0.05) is 19.6 Å². The van der Waals surface area contributed by atoms with Crippen LogP contribution in [-0.2, 0) is 14.6 Å². The number of hydrogen-bond acceptors (Lipinski definition) is 6. The molecular weight excluding hydrogens is 258 g/mol. The standard InChI is InChI=1S/C10H21N3O4S/c1-8(2)18(15,16)6-4-13-3-5-17-9(7-13)10(11)12-14/h8-9,14H,3-7H2,1-2H3,(H2,11,12). The van der Waals surface area contributed by atoms with Crippen molar-refractivity contribution in [1.82, 2.24) is 4.90 Å². The largest absolute Gasteiger partial charge is 0.409 e. The van der Waals surface area contributed by atoms with E-state index >= 15 is 0 Å². The highest BCUT2D eigenvalue weighted by molar-refractivity contribution is 7.92. The first-order valence-corrected chi connectivity index (χ1v) is 7.61. The first kappa shape index (κ1) is 15.2. The van der Waals surface area contributed by atoms with Crippen molar-refractivity contribution in [2.45, 2.75) is 25.2 Å². The van der Waals surface area contributed by atoms with Crippen LogP contribution in [0.3, 0.4) is 0 Å². The predicted molar refractivity (Wildman–Crippen MR) is 68.5 cm³/mol. The summed E-state index contributed by atoms with van der Waals surface area (Å²) < 4.78 is 28.7. The predicted octanol–water partition coefficient (Wildman–Crippen LogP) is -0.743. The smallest absolute Gasteiger partial charge is 0.169 e. The number of rotatable bonds is 5. The molecule has 8 heteroatoms. The monoisotopic (exact) mass is 279 g/mol. The van der Waals surface area contributed by atoms with E-state index in [1.54, 1.807) is 13.8 Å². The van der Waals surface area contributed by atoms with E-state index in [9.17, 15) is 8.42 Å². The molecule has 1 saturated heterocycles. The minimum Gasteiger partial charge on any atom is -0.409 e. The van der Waals surface area contributed by atoms with Gasteiger partial charge in [-0.15, -0.1) is 0 Å². The second kappa shape index (κ2) is 6.35. The van der Waals surface area contributed by atoms with Gasteiger partial charge in [-0.2, -0.15) is 0 Å². The Morgan fingerprint density at radius 2 is 2.28 bits per heavy atom. The maximum Gasteiger partial charge on any atom is 0.169 e. The Balaban J connectivity index is 2.49. The summed E-state index contributed by atoms with van der Waals surface area (Å²) in [6.07, 6.45) is -0.467. The number of hydrogen-bond donors (Lipinski definition) is 2. The van der Waals surface area contributed by atoms with Gasteiger partial charge in [-0.3, -0.25) is 4.90 Å². The van der Waals surface area contributed by atoms with E-state index in [0.29, 0.717) is 26.2 Å². The molecular formula is C10H21N3O4S. The molecule has 3 N–H and O–H groups in total. The Morgan fingerprint density at radius 3 is 2.83 bits per heavy atom. The van der Waals surface area contributed by atoms with Gasteiger partial charge in [0.2, 0.25) is 0 Å². The molecule has 0 spiro atoms. The second-order valence-corrected chi connectivity index (χ2v) is 7.28. The van der Waals surface area contributed by atoms with Crippen molar-refractivity contribution in [2.24, 2.45) is 10.9 Å². The molecule has 1 aliphatic rings. The molecule has 1 rings (SSSR count). The van der Waals surface area contributed by atoms with Crippen LogP contribution in [0.25, 0.3) is 0 Å². The summed E-state index contributed by atoms with van der Waals surface area (Å²) in [6.45, 7) is 5.34. The fraction of sp³-hybridized carbons (Fsp3) is 0.900. The zero-order valence-electron chi connectivity index (χ0n) is 10.7. The molecule has 0 aliphatic carbocycles. The first-order valence-electron chi connectivity index (χ1n) is 5.89. The van der Waals surface area contributed by atoms with Crippen LogP contribution < -0.4 is 5.73 Å². The Morgan fingerprint density at radius 1 is 1.61 bits per heavy atom. The van der Waals surface area contributed by atoms with Crippen molar-refractivity contribution < 1.29 is 18.4 Å². The normalized spacial score (nSPS) is 23.5. The molecule has 1 aliphatic heterocycles. The van der Waals surface area contributed by atoms with E-state index in [2.05, 4.69) is 5.16 Å². The molecule has 0 aromatic heterocycles. The summed E-state index contributed by atoms with van der Waals surface area (Å²) in [4.78, 5) is 1.95. The summed E-state index contributed by atoms with van der Waals surface area (Å²) in [6, 6.07) is 0. The molecule has 0 radical (unpaired) electrons. The fourth-order valence-electron chi connectivity index (χ4n) is 1.64. The maximum atomic E-state index is 11.7. The van der Waals surface area contributed by atoms with E-state index in [0.717, 1.165) is 0 Å². The van der Waals surface area contributed by atoms with E-state index < -0.39 is 15.9 Å². The van der Waals surface area contributed by atoms with Crippen molar-refractivity contribution in [2.75, 3.05) is 32.0 Å². The molecule has 0 bridgehead atoms. The van der Waals surface area contributed by atoms with Gasteiger partial charge in [0.1, 0.15) is 6.10 Å². The molecule has 0 aromatic carbocycles. The Bertz CT molecular complexity index is 394. The Labute approximate surface area is 108 Å². The third-order valence-electron chi connectivity index (χ3n) is 3.01. The third-order valence-corrected chi connectivity index (χ3v) is 5.19. The van der Waals surface area contributed by atoms with Crippen LogP contribution >= 0.6 is 0 Å². The van der Waals surface area contributed by atoms with Gasteiger partial charge in [0.15, 0.2) is 15.7 Å². The summed E-state index contributed by atoms with van der Waals surface area (Å²) in [5, 5.41) is 11.1. The highest BCUT2D eigenvalue weighted by atomic mass is 32.2. The van der Waals surface area contributed by atoms with Crippen LogP contribution in [0, 0.1) is 0 Å². The Hall–Kier alpha value is -0.860. The third kappa shape index (κ3) is 4.11. The molecule has 1 heterocycles. The zero-order chi connectivity index (χ0) is 13.8. The second-order valence-electron chi connectivity index (χ2n) is 4.60. The Kier molecular flexibility index (Phi) is 5.36. The van der Waals surface area contributed by atoms with Crippen LogP contribution in [-0.4, -0.2) is 67.7 Å². The highest BCUT2D eigenvalue weighted by Gasteiger charge is 2.25. The fourth-order valence-corrected chi connectivity index (χ4v) is 2.63. The van der Waals surface area contributed by atoms with Crippen molar-refractivity contribution >= 4 is 15.7 Å². The average molecular weight is 279 g/mol. The summed E-state index contributed by atoms with van der Waals surface area (Å²) in [5.41, 5.74) is 5.47. The molecule has 0 amide bonds. The molecule has 106 valence electrons. The van der Waals surface area contributed by atoms with Gasteiger partial charge < -0.3 is 15.7 Å². The lowest BCUT2D eigenvalue weighted by Gasteiger charge is -2.32. The average Bonchev–Trinajstić information content (AvgIpc) is 2.35. The number of amidine groups is 1. The lowest BCUT2D eigenvalue weighted by Crippen LogP contribution is -2.49. The quantitative estimate of drug-likeness (QED) is 0.297. The lowest BCUT2D eigenvalue weighted by atomic mass is 10.2. The summed E-state index contributed by atoms with van der Waals surface area (Å²) in [5.74, 6) is 0.138. The van der Waals surface area contributed by atoms with Crippen molar-refractivity contribution in [1.29, 1.82) is 0 Å². The number of nitrogens with two attached hydrogens (primary N) is 1. The molecule has 1 atom stereocenters. The van der Waals surface area contributed by atoms with Crippen LogP contribution in [0.5, 0.6) is 0 Å². The number of nitrogens with zero attached hydrogens (tertiary/aromatic N) is 2. The molecule has 0 aromatic rings. The highest BCUT2D eigenvalue weighted by Crippen LogP contribution is 2.07. The van der Waals surface area contributed by atoms with E-state index in [1.165, 1.54) is 0 Å². The number of oxime groups is 1. The topological polar surface area (TPSA) is 105 Å². The van der Waals surface area contributed by atoms with Gasteiger partial charge >= 0.3 is 0 Å².